The average molecular weight is 392 g/mol. The fraction of sp³-hybridized carbons (Fsp3) is 0.526. The van der Waals surface area contributed by atoms with Crippen molar-refractivity contribution in [1.82, 2.24) is 4.90 Å². The van der Waals surface area contributed by atoms with Gasteiger partial charge in [0.15, 0.2) is 6.04 Å². The molecule has 146 valence electrons. The van der Waals surface area contributed by atoms with Gasteiger partial charge in [0.1, 0.15) is 0 Å². The van der Waals surface area contributed by atoms with E-state index in [1.807, 2.05) is 13.0 Å². The molecule has 1 aliphatic carbocycles. The van der Waals surface area contributed by atoms with Crippen LogP contribution in [-0.4, -0.2) is 60.3 Å². The second kappa shape index (κ2) is 8.31. The van der Waals surface area contributed by atoms with E-state index in [1.54, 1.807) is 24.0 Å². The third-order valence-corrected chi connectivity index (χ3v) is 5.73. The number of amides is 2. The van der Waals surface area contributed by atoms with E-state index in [-0.39, 0.29) is 36.3 Å². The molecule has 8 heteroatoms. The number of rotatable bonds is 7. The second-order valence-electron chi connectivity index (χ2n) is 6.63. The number of fused-ring (bicyclic) bond motifs is 1. The van der Waals surface area contributed by atoms with Gasteiger partial charge in [-0.2, -0.15) is 0 Å². The van der Waals surface area contributed by atoms with Gasteiger partial charge in [0, 0.05) is 23.6 Å². The molecule has 1 aliphatic heterocycles. The Kier molecular flexibility index (Phi) is 6.06. The zero-order valence-corrected chi connectivity index (χ0v) is 16.5. The average Bonchev–Trinajstić information content (AvgIpc) is 3.47. The third kappa shape index (κ3) is 4.27. The van der Waals surface area contributed by atoms with Gasteiger partial charge in [0.05, 0.1) is 24.2 Å². The van der Waals surface area contributed by atoms with Gasteiger partial charge in [-0.3, -0.25) is 9.59 Å². The Bertz CT molecular complexity index is 750. The molecule has 0 spiro atoms. The van der Waals surface area contributed by atoms with E-state index in [0.717, 1.165) is 17.7 Å². The predicted molar refractivity (Wildman–Crippen MR) is 102 cm³/mol. The lowest BCUT2D eigenvalue weighted by Gasteiger charge is -2.30. The van der Waals surface area contributed by atoms with Crippen molar-refractivity contribution in [3.63, 3.8) is 0 Å². The Hall–Kier alpha value is -2.06. The molecule has 0 saturated heterocycles. The first kappa shape index (κ1) is 19.7. The highest BCUT2D eigenvalue weighted by molar-refractivity contribution is 8.00. The molecule has 2 amide bonds. The molecule has 27 heavy (non-hydrogen) atoms. The molecule has 0 aromatic heterocycles. The van der Waals surface area contributed by atoms with Crippen LogP contribution < -0.4 is 5.32 Å². The standard InChI is InChI=1S/C19H24N2O5S/c1-4-26-19(24)15(10-25-3)21(13-6-7-13)18(23)12-5-8-16-14(9-12)20-17(22)11(2)27-16/h5,8-9,11,13,15H,4,6-7,10H2,1-3H3,(H,20,22)/t11-,15+/m0/s1. The number of hydrogen-bond donors (Lipinski definition) is 1. The Morgan fingerprint density at radius 3 is 2.74 bits per heavy atom. The summed E-state index contributed by atoms with van der Waals surface area (Å²) >= 11 is 1.46. The van der Waals surface area contributed by atoms with Crippen LogP contribution in [0.15, 0.2) is 23.1 Å². The Morgan fingerprint density at radius 2 is 2.11 bits per heavy atom. The maximum atomic E-state index is 13.2. The Balaban J connectivity index is 1.88. The maximum Gasteiger partial charge on any atom is 0.331 e. The highest BCUT2D eigenvalue weighted by atomic mass is 32.2. The zero-order valence-electron chi connectivity index (χ0n) is 15.7. The van der Waals surface area contributed by atoms with Crippen molar-refractivity contribution >= 4 is 35.2 Å². The first-order chi connectivity index (χ1) is 13.0. The van der Waals surface area contributed by atoms with Crippen LogP contribution >= 0.6 is 11.8 Å². The van der Waals surface area contributed by atoms with Crippen molar-refractivity contribution in [2.45, 2.75) is 48.9 Å². The van der Waals surface area contributed by atoms with Crippen molar-refractivity contribution in [2.75, 3.05) is 25.6 Å². The van der Waals surface area contributed by atoms with E-state index >= 15 is 0 Å². The third-order valence-electron chi connectivity index (χ3n) is 4.55. The zero-order chi connectivity index (χ0) is 19.6. The van der Waals surface area contributed by atoms with Gasteiger partial charge >= 0.3 is 5.97 Å². The lowest BCUT2D eigenvalue weighted by atomic mass is 10.1. The van der Waals surface area contributed by atoms with Crippen LogP contribution in [0.5, 0.6) is 0 Å². The molecule has 1 heterocycles. The number of anilines is 1. The second-order valence-corrected chi connectivity index (χ2v) is 8.01. The normalized spacial score (nSPS) is 19.7. The first-order valence-electron chi connectivity index (χ1n) is 9.06. The number of methoxy groups -OCH3 is 1. The maximum absolute atomic E-state index is 13.2. The summed E-state index contributed by atoms with van der Waals surface area (Å²) in [5.41, 5.74) is 1.06. The fourth-order valence-corrected chi connectivity index (χ4v) is 3.99. The minimum atomic E-state index is -0.782. The number of thioether (sulfide) groups is 1. The molecule has 3 rings (SSSR count). The summed E-state index contributed by atoms with van der Waals surface area (Å²) in [5, 5.41) is 2.67. The minimum Gasteiger partial charge on any atom is -0.464 e. The highest BCUT2D eigenvalue weighted by Crippen LogP contribution is 2.37. The lowest BCUT2D eigenvalue weighted by molar-refractivity contribution is -0.150. The van der Waals surface area contributed by atoms with Gasteiger partial charge < -0.3 is 19.7 Å². The highest BCUT2D eigenvalue weighted by Gasteiger charge is 2.41. The summed E-state index contributed by atoms with van der Waals surface area (Å²) in [4.78, 5) is 40.1. The van der Waals surface area contributed by atoms with Gasteiger partial charge in [-0.25, -0.2) is 4.79 Å². The molecule has 0 bridgehead atoms. The van der Waals surface area contributed by atoms with Gasteiger partial charge in [0.2, 0.25) is 5.91 Å². The lowest BCUT2D eigenvalue weighted by Crippen LogP contribution is -2.49. The van der Waals surface area contributed by atoms with Crippen LogP contribution in [0.25, 0.3) is 0 Å². The van der Waals surface area contributed by atoms with Gasteiger partial charge in [-0.1, -0.05) is 0 Å². The van der Waals surface area contributed by atoms with E-state index in [4.69, 9.17) is 9.47 Å². The molecular formula is C19H24N2O5S. The molecule has 1 fully saturated rings. The van der Waals surface area contributed by atoms with Crippen LogP contribution in [0.4, 0.5) is 5.69 Å². The first-order valence-corrected chi connectivity index (χ1v) is 9.94. The molecule has 1 aromatic carbocycles. The summed E-state index contributed by atoms with van der Waals surface area (Å²) in [6, 6.07) is 4.47. The number of ether oxygens (including phenoxy) is 2. The summed E-state index contributed by atoms with van der Waals surface area (Å²) in [7, 11) is 1.49. The summed E-state index contributed by atoms with van der Waals surface area (Å²) in [5.74, 6) is -0.802. The molecule has 7 nitrogen and oxygen atoms in total. The van der Waals surface area contributed by atoms with E-state index in [9.17, 15) is 14.4 Å². The van der Waals surface area contributed by atoms with Crippen LogP contribution in [0.1, 0.15) is 37.0 Å². The number of hydrogen-bond acceptors (Lipinski definition) is 6. The minimum absolute atomic E-state index is 0.00192. The molecule has 0 unspecified atom stereocenters. The number of nitrogens with zero attached hydrogens (tertiary/aromatic N) is 1. The number of carbonyl (C=O) groups is 3. The molecule has 1 aromatic rings. The Labute approximate surface area is 162 Å². The van der Waals surface area contributed by atoms with Gasteiger partial charge in [0.25, 0.3) is 5.91 Å². The molecule has 1 N–H and O–H groups in total. The van der Waals surface area contributed by atoms with Crippen LogP contribution in [0.3, 0.4) is 0 Å². The van der Waals surface area contributed by atoms with E-state index in [0.29, 0.717) is 11.3 Å². The van der Waals surface area contributed by atoms with E-state index < -0.39 is 12.0 Å². The van der Waals surface area contributed by atoms with Gasteiger partial charge in [-0.15, -0.1) is 11.8 Å². The fourth-order valence-electron chi connectivity index (χ4n) is 3.06. The molecule has 2 aliphatic rings. The summed E-state index contributed by atoms with van der Waals surface area (Å²) < 4.78 is 10.3. The number of esters is 1. The number of carbonyl (C=O) groups excluding carboxylic acids is 3. The van der Waals surface area contributed by atoms with Crippen molar-refractivity contribution in [3.8, 4) is 0 Å². The summed E-state index contributed by atoms with van der Waals surface area (Å²) in [6.07, 6.45) is 1.70. The smallest absolute Gasteiger partial charge is 0.331 e. The van der Waals surface area contributed by atoms with Crippen LogP contribution in [0, 0.1) is 0 Å². The van der Waals surface area contributed by atoms with Crippen molar-refractivity contribution in [1.29, 1.82) is 0 Å². The van der Waals surface area contributed by atoms with Crippen LogP contribution in [0.2, 0.25) is 0 Å². The largest absolute Gasteiger partial charge is 0.464 e. The van der Waals surface area contributed by atoms with Crippen molar-refractivity contribution in [2.24, 2.45) is 0 Å². The summed E-state index contributed by atoms with van der Waals surface area (Å²) in [6.45, 7) is 3.89. The molecular weight excluding hydrogens is 368 g/mol. The van der Waals surface area contributed by atoms with E-state index in [2.05, 4.69) is 5.32 Å². The molecule has 1 saturated carbocycles. The Morgan fingerprint density at radius 1 is 1.37 bits per heavy atom. The predicted octanol–water partition coefficient (Wildman–Crippen LogP) is 2.30. The number of nitrogens with one attached hydrogen (secondary N) is 1. The quantitative estimate of drug-likeness (QED) is 0.717. The van der Waals surface area contributed by atoms with Crippen molar-refractivity contribution in [3.05, 3.63) is 23.8 Å². The van der Waals surface area contributed by atoms with Crippen molar-refractivity contribution < 1.29 is 23.9 Å². The van der Waals surface area contributed by atoms with Crippen LogP contribution in [-0.2, 0) is 19.1 Å². The number of benzene rings is 1. The molecule has 0 radical (unpaired) electrons. The molecule has 2 atom stereocenters. The SMILES string of the molecule is CCOC(=O)[C@@H](COC)N(C(=O)c1ccc2c(c1)NC(=O)[C@H](C)S2)C1CC1. The van der Waals surface area contributed by atoms with Gasteiger partial charge in [-0.05, 0) is 44.9 Å². The monoisotopic (exact) mass is 392 g/mol. The topological polar surface area (TPSA) is 84.9 Å². The van der Waals surface area contributed by atoms with E-state index in [1.165, 1.54) is 18.9 Å².